The van der Waals surface area contributed by atoms with Crippen molar-refractivity contribution in [1.82, 2.24) is 14.4 Å². The second-order valence-electron chi connectivity index (χ2n) is 6.70. The molecule has 0 aliphatic carbocycles. The summed E-state index contributed by atoms with van der Waals surface area (Å²) in [6.45, 7) is 11.8. The van der Waals surface area contributed by atoms with Crippen LogP contribution in [0.15, 0.2) is 6.07 Å². The van der Waals surface area contributed by atoms with Crippen LogP contribution in [0.1, 0.15) is 35.6 Å². The highest BCUT2D eigenvalue weighted by Gasteiger charge is 2.18. The molecule has 0 bridgehead atoms. The molecule has 120 valence electrons. The molecule has 0 N–H and O–H groups in total. The van der Waals surface area contributed by atoms with Crippen molar-refractivity contribution in [2.24, 2.45) is 13.0 Å². The van der Waals surface area contributed by atoms with Crippen molar-refractivity contribution in [2.45, 2.75) is 27.7 Å². The van der Waals surface area contributed by atoms with Crippen molar-refractivity contribution in [2.75, 3.05) is 40.3 Å². The SMILES string of the molecule is Cc1cc(C(=O)CN(CCN(C)C)CC(C)C)c(C)n1C. The topological polar surface area (TPSA) is 28.5 Å². The molecule has 1 rings (SSSR count). The molecule has 0 radical (unpaired) electrons. The van der Waals surface area contributed by atoms with Crippen molar-refractivity contribution in [3.05, 3.63) is 23.0 Å². The highest BCUT2D eigenvalue weighted by Crippen LogP contribution is 2.14. The van der Waals surface area contributed by atoms with E-state index in [1.54, 1.807) is 0 Å². The van der Waals surface area contributed by atoms with Crippen molar-refractivity contribution in [3.8, 4) is 0 Å². The van der Waals surface area contributed by atoms with E-state index in [0.717, 1.165) is 36.6 Å². The van der Waals surface area contributed by atoms with Gasteiger partial charge in [-0.15, -0.1) is 0 Å². The molecule has 4 nitrogen and oxygen atoms in total. The fourth-order valence-corrected chi connectivity index (χ4v) is 2.52. The second kappa shape index (κ2) is 7.76. The van der Waals surface area contributed by atoms with Gasteiger partial charge in [0.1, 0.15) is 0 Å². The molecule has 0 aromatic carbocycles. The number of ketones is 1. The standard InChI is InChI=1S/C17H31N3O/c1-13(2)11-20(9-8-18(5)6)12-17(21)16-10-14(3)19(7)15(16)4/h10,13H,8-9,11-12H2,1-7H3. The average Bonchev–Trinajstić information content (AvgIpc) is 2.63. The molecular weight excluding hydrogens is 262 g/mol. The normalized spacial score (nSPS) is 11.9. The van der Waals surface area contributed by atoms with Crippen LogP contribution in [-0.2, 0) is 7.05 Å². The van der Waals surface area contributed by atoms with Crippen molar-refractivity contribution < 1.29 is 4.79 Å². The van der Waals surface area contributed by atoms with Crippen LogP contribution < -0.4 is 0 Å². The van der Waals surface area contributed by atoms with E-state index in [0.29, 0.717) is 12.5 Å². The van der Waals surface area contributed by atoms with E-state index in [2.05, 4.69) is 42.3 Å². The monoisotopic (exact) mass is 293 g/mol. The third-order valence-electron chi connectivity index (χ3n) is 3.93. The molecule has 1 aromatic rings. The summed E-state index contributed by atoms with van der Waals surface area (Å²) in [7, 11) is 6.15. The number of likely N-dealkylation sites (N-methyl/N-ethyl adjacent to an activating group) is 1. The van der Waals surface area contributed by atoms with Gasteiger partial charge in [0.05, 0.1) is 6.54 Å². The first-order valence-corrected chi connectivity index (χ1v) is 7.75. The summed E-state index contributed by atoms with van der Waals surface area (Å²) in [5.41, 5.74) is 3.07. The van der Waals surface area contributed by atoms with Gasteiger partial charge in [-0.1, -0.05) is 13.8 Å². The van der Waals surface area contributed by atoms with E-state index in [1.165, 1.54) is 0 Å². The maximum atomic E-state index is 12.6. The molecule has 0 saturated carbocycles. The molecule has 0 aliphatic rings. The number of aromatic nitrogens is 1. The minimum Gasteiger partial charge on any atom is -0.351 e. The van der Waals surface area contributed by atoms with Crippen LogP contribution in [0.5, 0.6) is 0 Å². The average molecular weight is 293 g/mol. The number of carbonyl (C=O) groups is 1. The van der Waals surface area contributed by atoms with Crippen molar-refractivity contribution in [3.63, 3.8) is 0 Å². The molecule has 1 heterocycles. The van der Waals surface area contributed by atoms with E-state index in [9.17, 15) is 4.79 Å². The third-order valence-corrected chi connectivity index (χ3v) is 3.93. The van der Waals surface area contributed by atoms with Gasteiger partial charge in [0.25, 0.3) is 0 Å². The Morgan fingerprint density at radius 1 is 1.24 bits per heavy atom. The minimum atomic E-state index is 0.232. The highest BCUT2D eigenvalue weighted by atomic mass is 16.1. The first-order chi connectivity index (χ1) is 9.72. The van der Waals surface area contributed by atoms with Gasteiger partial charge in [-0.05, 0) is 39.9 Å². The smallest absolute Gasteiger partial charge is 0.178 e. The van der Waals surface area contributed by atoms with Gasteiger partial charge in [-0.3, -0.25) is 9.69 Å². The molecule has 0 spiro atoms. The van der Waals surface area contributed by atoms with Gasteiger partial charge in [-0.2, -0.15) is 0 Å². The lowest BCUT2D eigenvalue weighted by Gasteiger charge is -2.25. The summed E-state index contributed by atoms with van der Waals surface area (Å²) in [5, 5.41) is 0. The van der Waals surface area contributed by atoms with Gasteiger partial charge in [0.2, 0.25) is 0 Å². The number of hydrogen-bond acceptors (Lipinski definition) is 3. The Balaban J connectivity index is 2.76. The van der Waals surface area contributed by atoms with Crippen LogP contribution >= 0.6 is 0 Å². The molecular formula is C17H31N3O. The fourth-order valence-electron chi connectivity index (χ4n) is 2.52. The van der Waals surface area contributed by atoms with E-state index in [4.69, 9.17) is 0 Å². The fraction of sp³-hybridized carbons (Fsp3) is 0.706. The van der Waals surface area contributed by atoms with E-state index in [1.807, 2.05) is 27.0 Å². The number of Topliss-reactive ketones (excluding diaryl/α,β-unsaturated/α-hetero) is 1. The molecule has 0 unspecified atom stereocenters. The molecule has 0 fully saturated rings. The number of hydrogen-bond donors (Lipinski definition) is 0. The zero-order chi connectivity index (χ0) is 16.2. The molecule has 1 aromatic heterocycles. The van der Waals surface area contributed by atoms with Crippen LogP contribution in [0, 0.1) is 19.8 Å². The highest BCUT2D eigenvalue weighted by molar-refractivity contribution is 5.99. The quantitative estimate of drug-likeness (QED) is 0.689. The van der Waals surface area contributed by atoms with Crippen LogP contribution in [0.4, 0.5) is 0 Å². The zero-order valence-electron chi connectivity index (χ0n) is 14.7. The number of carbonyl (C=O) groups excluding carboxylic acids is 1. The summed E-state index contributed by atoms with van der Waals surface area (Å²) in [5.74, 6) is 0.800. The zero-order valence-corrected chi connectivity index (χ0v) is 14.7. The molecule has 0 amide bonds. The lowest BCUT2D eigenvalue weighted by Crippen LogP contribution is -2.38. The van der Waals surface area contributed by atoms with E-state index in [-0.39, 0.29) is 5.78 Å². The predicted molar refractivity (Wildman–Crippen MR) is 89.0 cm³/mol. The van der Waals surface area contributed by atoms with Gasteiger partial charge in [0.15, 0.2) is 5.78 Å². The molecule has 21 heavy (non-hydrogen) atoms. The van der Waals surface area contributed by atoms with Crippen molar-refractivity contribution >= 4 is 5.78 Å². The Labute approximate surface area is 129 Å². The summed E-state index contributed by atoms with van der Waals surface area (Å²) >= 11 is 0. The molecule has 0 atom stereocenters. The van der Waals surface area contributed by atoms with Gasteiger partial charge < -0.3 is 9.47 Å². The molecule has 4 heteroatoms. The van der Waals surface area contributed by atoms with Crippen molar-refractivity contribution in [1.29, 1.82) is 0 Å². The first-order valence-electron chi connectivity index (χ1n) is 7.75. The van der Waals surface area contributed by atoms with Gasteiger partial charge >= 0.3 is 0 Å². The Morgan fingerprint density at radius 3 is 2.29 bits per heavy atom. The van der Waals surface area contributed by atoms with E-state index >= 15 is 0 Å². The van der Waals surface area contributed by atoms with Crippen LogP contribution in [0.2, 0.25) is 0 Å². The predicted octanol–water partition coefficient (Wildman–Crippen LogP) is 2.34. The Morgan fingerprint density at radius 2 is 1.86 bits per heavy atom. The van der Waals surface area contributed by atoms with E-state index < -0.39 is 0 Å². The maximum absolute atomic E-state index is 12.6. The molecule has 0 aliphatic heterocycles. The van der Waals surface area contributed by atoms with Crippen LogP contribution in [0.25, 0.3) is 0 Å². The Bertz CT molecular complexity index is 475. The number of aryl methyl sites for hydroxylation is 1. The summed E-state index contributed by atoms with van der Waals surface area (Å²) in [4.78, 5) is 17.0. The summed E-state index contributed by atoms with van der Waals surface area (Å²) < 4.78 is 2.08. The largest absolute Gasteiger partial charge is 0.351 e. The second-order valence-corrected chi connectivity index (χ2v) is 6.70. The summed E-state index contributed by atoms with van der Waals surface area (Å²) in [6.07, 6.45) is 0. The first kappa shape index (κ1) is 17.9. The Hall–Kier alpha value is -1.13. The number of nitrogens with zero attached hydrogens (tertiary/aromatic N) is 3. The summed E-state index contributed by atoms with van der Waals surface area (Å²) in [6, 6.07) is 2.01. The minimum absolute atomic E-state index is 0.232. The number of rotatable bonds is 8. The lowest BCUT2D eigenvalue weighted by molar-refractivity contribution is 0.0915. The van der Waals surface area contributed by atoms with Gasteiger partial charge in [0, 0.05) is 43.6 Å². The van der Waals surface area contributed by atoms with Crippen LogP contribution in [0.3, 0.4) is 0 Å². The molecule has 0 saturated heterocycles. The van der Waals surface area contributed by atoms with Gasteiger partial charge in [-0.25, -0.2) is 0 Å². The third kappa shape index (κ3) is 5.29. The maximum Gasteiger partial charge on any atom is 0.178 e. The van der Waals surface area contributed by atoms with Crippen LogP contribution in [-0.4, -0.2) is 60.4 Å². The lowest BCUT2D eigenvalue weighted by atomic mass is 10.1. The Kier molecular flexibility index (Phi) is 6.62.